The summed E-state index contributed by atoms with van der Waals surface area (Å²) in [6, 6.07) is 5.18. The van der Waals surface area contributed by atoms with Crippen LogP contribution in [-0.2, 0) is 13.2 Å². The van der Waals surface area contributed by atoms with Gasteiger partial charge in [0, 0.05) is 41.7 Å². The average molecular weight is 344 g/mol. The number of benzene rings is 1. The molecule has 122 valence electrons. The molecule has 23 heavy (non-hydrogen) atoms. The number of hydrazine groups is 1. The number of aryl methyl sites for hydroxylation is 1. The molecule has 4 nitrogen and oxygen atoms in total. The van der Waals surface area contributed by atoms with Gasteiger partial charge in [0.15, 0.2) is 5.69 Å². The third-order valence-corrected chi connectivity index (χ3v) is 4.22. The van der Waals surface area contributed by atoms with Gasteiger partial charge in [0.1, 0.15) is 5.82 Å². The number of nitrogens with zero attached hydrogens (tertiary/aromatic N) is 3. The molecule has 0 fully saturated rings. The van der Waals surface area contributed by atoms with Crippen molar-refractivity contribution >= 4 is 17.6 Å². The number of hydrogen-bond donors (Lipinski definition) is 1. The summed E-state index contributed by atoms with van der Waals surface area (Å²) in [4.78, 5) is 0. The molecule has 2 heterocycles. The van der Waals surface area contributed by atoms with Crippen LogP contribution in [0.4, 0.5) is 23.2 Å². The highest BCUT2D eigenvalue weighted by Gasteiger charge is 2.35. The summed E-state index contributed by atoms with van der Waals surface area (Å²) < 4.78 is 55.2. The number of rotatable bonds is 2. The molecule has 1 aromatic heterocycles. The van der Waals surface area contributed by atoms with Crippen molar-refractivity contribution in [2.75, 3.05) is 4.41 Å². The van der Waals surface area contributed by atoms with Crippen molar-refractivity contribution in [1.82, 2.24) is 15.2 Å². The van der Waals surface area contributed by atoms with Crippen LogP contribution in [0.1, 0.15) is 12.6 Å². The van der Waals surface area contributed by atoms with Crippen molar-refractivity contribution in [2.45, 2.75) is 13.1 Å². The molecule has 1 aliphatic rings. The summed E-state index contributed by atoms with van der Waals surface area (Å²) in [6.45, 7) is 1.87. The first-order valence-corrected chi connectivity index (χ1v) is 7.41. The molecule has 0 saturated heterocycles. The Kier molecular flexibility index (Phi) is 3.75. The second kappa shape index (κ2) is 5.48. The van der Waals surface area contributed by atoms with Crippen molar-refractivity contribution in [3.63, 3.8) is 0 Å². The summed E-state index contributed by atoms with van der Waals surface area (Å²) in [7, 11) is 1.35. The Morgan fingerprint density at radius 1 is 1.22 bits per heavy atom. The molecule has 1 aromatic carbocycles. The summed E-state index contributed by atoms with van der Waals surface area (Å²) in [5.41, 5.74) is 3.58. The van der Waals surface area contributed by atoms with E-state index in [2.05, 4.69) is 10.5 Å². The average Bonchev–Trinajstić information content (AvgIpc) is 3.05. The largest absolute Gasteiger partial charge is 0.435 e. The number of alkyl halides is 3. The first-order valence-electron chi connectivity index (χ1n) is 6.57. The second-order valence-electron chi connectivity index (χ2n) is 5.01. The van der Waals surface area contributed by atoms with E-state index in [9.17, 15) is 17.6 Å². The van der Waals surface area contributed by atoms with Gasteiger partial charge in [0.25, 0.3) is 0 Å². The highest BCUT2D eigenvalue weighted by molar-refractivity contribution is 8.03. The van der Waals surface area contributed by atoms with Crippen molar-refractivity contribution < 1.29 is 17.6 Å². The maximum atomic E-state index is 14.4. The lowest BCUT2D eigenvalue weighted by Gasteiger charge is -2.18. The molecular weight excluding hydrogens is 332 g/mol. The van der Waals surface area contributed by atoms with E-state index < -0.39 is 17.7 Å². The molecule has 0 unspecified atom stereocenters. The lowest BCUT2D eigenvalue weighted by atomic mass is 10.1. The Morgan fingerprint density at radius 3 is 2.48 bits per heavy atom. The Balaban J connectivity index is 1.94. The van der Waals surface area contributed by atoms with E-state index in [4.69, 9.17) is 0 Å². The first-order chi connectivity index (χ1) is 10.8. The number of halogens is 4. The van der Waals surface area contributed by atoms with Gasteiger partial charge in [-0.1, -0.05) is 0 Å². The molecule has 1 aliphatic heterocycles. The summed E-state index contributed by atoms with van der Waals surface area (Å²) in [6.07, 6.45) is -4.56. The van der Waals surface area contributed by atoms with Gasteiger partial charge < -0.3 is 0 Å². The molecule has 0 saturated carbocycles. The van der Waals surface area contributed by atoms with E-state index in [1.807, 2.05) is 12.3 Å². The monoisotopic (exact) mass is 344 g/mol. The summed E-state index contributed by atoms with van der Waals surface area (Å²) in [5.74, 6) is -0.619. The minimum absolute atomic E-state index is 0.0631. The van der Waals surface area contributed by atoms with Gasteiger partial charge >= 0.3 is 6.18 Å². The molecule has 0 radical (unpaired) electrons. The van der Waals surface area contributed by atoms with Gasteiger partial charge in [-0.25, -0.2) is 8.80 Å². The van der Waals surface area contributed by atoms with E-state index in [-0.39, 0.29) is 11.3 Å². The SMILES string of the molecule is CC1=CSN(c2ccc(-c3cc(C(F)(F)F)nn3C)c(F)c2)N1. The minimum atomic E-state index is -4.56. The molecule has 9 heteroatoms. The van der Waals surface area contributed by atoms with Crippen molar-refractivity contribution in [3.05, 3.63) is 46.9 Å². The van der Waals surface area contributed by atoms with Gasteiger partial charge in [0.05, 0.1) is 11.4 Å². The maximum absolute atomic E-state index is 14.4. The number of nitrogens with one attached hydrogen (secondary N) is 1. The van der Waals surface area contributed by atoms with Gasteiger partial charge in [0.2, 0.25) is 0 Å². The fourth-order valence-corrected chi connectivity index (χ4v) is 2.91. The Bertz CT molecular complexity index is 782. The van der Waals surface area contributed by atoms with Crippen LogP contribution in [0.3, 0.4) is 0 Å². The van der Waals surface area contributed by atoms with E-state index in [0.717, 1.165) is 16.4 Å². The summed E-state index contributed by atoms with van der Waals surface area (Å²) in [5, 5.41) is 5.26. The fourth-order valence-electron chi connectivity index (χ4n) is 2.17. The molecule has 0 bridgehead atoms. The van der Waals surface area contributed by atoms with Gasteiger partial charge in [-0.3, -0.25) is 10.1 Å². The van der Waals surface area contributed by atoms with Crippen LogP contribution in [0.2, 0.25) is 0 Å². The zero-order chi connectivity index (χ0) is 16.8. The van der Waals surface area contributed by atoms with Crippen LogP contribution in [0.15, 0.2) is 35.4 Å². The van der Waals surface area contributed by atoms with E-state index in [1.54, 1.807) is 10.5 Å². The van der Waals surface area contributed by atoms with Gasteiger partial charge in [-0.05, 0) is 25.1 Å². The van der Waals surface area contributed by atoms with E-state index in [0.29, 0.717) is 5.69 Å². The standard InChI is InChI=1S/C14H12F4N4S/c1-8-7-23-22(19-8)9-3-4-10(11(15)5-9)12-6-13(14(16,17)18)20-21(12)2/h3-7,19H,1-2H3. The van der Waals surface area contributed by atoms with Crippen molar-refractivity contribution in [3.8, 4) is 11.3 Å². The van der Waals surface area contributed by atoms with E-state index >= 15 is 0 Å². The summed E-state index contributed by atoms with van der Waals surface area (Å²) >= 11 is 1.35. The molecule has 0 spiro atoms. The number of hydrogen-bond acceptors (Lipinski definition) is 4. The van der Waals surface area contributed by atoms with Crippen LogP contribution in [0, 0.1) is 5.82 Å². The van der Waals surface area contributed by atoms with E-state index in [1.165, 1.54) is 31.1 Å². The Morgan fingerprint density at radius 2 is 1.96 bits per heavy atom. The third kappa shape index (κ3) is 3.00. The zero-order valence-electron chi connectivity index (χ0n) is 12.1. The van der Waals surface area contributed by atoms with Gasteiger partial charge in [-0.15, -0.1) is 0 Å². The second-order valence-corrected chi connectivity index (χ2v) is 5.82. The number of allylic oxidation sites excluding steroid dienone is 1. The number of aromatic nitrogens is 2. The Labute approximate surface area is 133 Å². The van der Waals surface area contributed by atoms with Crippen LogP contribution in [0.5, 0.6) is 0 Å². The smallest absolute Gasteiger partial charge is 0.292 e. The van der Waals surface area contributed by atoms with Crippen LogP contribution in [-0.4, -0.2) is 9.78 Å². The number of anilines is 1. The maximum Gasteiger partial charge on any atom is 0.435 e. The lowest BCUT2D eigenvalue weighted by Crippen LogP contribution is -2.25. The molecule has 0 amide bonds. The molecule has 0 atom stereocenters. The topological polar surface area (TPSA) is 33.1 Å². The molecule has 0 aliphatic carbocycles. The fraction of sp³-hybridized carbons (Fsp3) is 0.214. The normalized spacial score (nSPS) is 14.9. The molecule has 2 aromatic rings. The minimum Gasteiger partial charge on any atom is -0.292 e. The van der Waals surface area contributed by atoms with Crippen LogP contribution < -0.4 is 9.84 Å². The van der Waals surface area contributed by atoms with Gasteiger partial charge in [-0.2, -0.15) is 18.3 Å². The highest BCUT2D eigenvalue weighted by atomic mass is 32.2. The molecule has 1 N–H and O–H groups in total. The third-order valence-electron chi connectivity index (χ3n) is 3.25. The van der Waals surface area contributed by atoms with Crippen LogP contribution in [0.25, 0.3) is 11.3 Å². The highest BCUT2D eigenvalue weighted by Crippen LogP contribution is 2.34. The predicted molar refractivity (Wildman–Crippen MR) is 80.6 cm³/mol. The lowest BCUT2D eigenvalue weighted by molar-refractivity contribution is -0.141. The predicted octanol–water partition coefficient (Wildman–Crippen LogP) is 4.08. The Hall–Kier alpha value is -2.16. The van der Waals surface area contributed by atoms with Crippen LogP contribution >= 0.6 is 11.9 Å². The zero-order valence-corrected chi connectivity index (χ0v) is 13.0. The molecular formula is C14H12F4N4S. The quantitative estimate of drug-likeness (QED) is 0.657. The van der Waals surface area contributed by atoms with Crippen molar-refractivity contribution in [2.24, 2.45) is 7.05 Å². The van der Waals surface area contributed by atoms with Crippen molar-refractivity contribution in [1.29, 1.82) is 0 Å². The first kappa shape index (κ1) is 15.7. The molecule has 3 rings (SSSR count).